The third-order valence-corrected chi connectivity index (χ3v) is 3.86. The number of aldehydes is 1. The van der Waals surface area contributed by atoms with Crippen molar-refractivity contribution in [3.63, 3.8) is 0 Å². The topological polar surface area (TPSA) is 30.0 Å². The highest BCUT2D eigenvalue weighted by Crippen LogP contribution is 2.26. The molecule has 0 spiro atoms. The number of benzene rings is 1. The summed E-state index contributed by atoms with van der Waals surface area (Å²) in [7, 11) is 0. The predicted molar refractivity (Wildman–Crippen MR) is 69.3 cm³/mol. The Balaban J connectivity index is 2.23. The van der Waals surface area contributed by atoms with Gasteiger partial charge in [-0.15, -0.1) is 23.1 Å². The van der Waals surface area contributed by atoms with E-state index in [0.29, 0.717) is 5.69 Å². The van der Waals surface area contributed by atoms with E-state index in [1.807, 2.05) is 23.9 Å². The minimum absolute atomic E-state index is 0.506. The summed E-state index contributed by atoms with van der Waals surface area (Å²) in [5.74, 6) is 1.08. The monoisotopic (exact) mass is 249 g/mol. The Morgan fingerprint density at radius 3 is 2.69 bits per heavy atom. The lowest BCUT2D eigenvalue weighted by molar-refractivity contribution is 0.111. The smallest absolute Gasteiger partial charge is 0.169 e. The Kier molecular flexibility index (Phi) is 3.74. The average Bonchev–Trinajstić information content (AvgIpc) is 2.79. The lowest BCUT2D eigenvalue weighted by Gasteiger charge is -1.99. The summed E-state index contributed by atoms with van der Waals surface area (Å²) in [6.45, 7) is 2.13. The van der Waals surface area contributed by atoms with E-state index in [-0.39, 0.29) is 0 Å². The minimum atomic E-state index is 0.506. The fraction of sp³-hybridized carbons (Fsp3) is 0.167. The van der Waals surface area contributed by atoms with Gasteiger partial charge in [0, 0.05) is 15.8 Å². The Hall–Kier alpha value is -1.13. The summed E-state index contributed by atoms with van der Waals surface area (Å²) < 4.78 is 0. The first kappa shape index (κ1) is 11.4. The second kappa shape index (κ2) is 5.27. The van der Waals surface area contributed by atoms with E-state index < -0.39 is 0 Å². The van der Waals surface area contributed by atoms with Gasteiger partial charge in [-0.3, -0.25) is 4.79 Å². The number of aromatic nitrogens is 1. The molecule has 0 amide bonds. The van der Waals surface area contributed by atoms with Gasteiger partial charge >= 0.3 is 0 Å². The van der Waals surface area contributed by atoms with Crippen molar-refractivity contribution >= 4 is 29.4 Å². The quantitative estimate of drug-likeness (QED) is 0.611. The molecule has 2 aromatic rings. The van der Waals surface area contributed by atoms with Gasteiger partial charge in [-0.25, -0.2) is 4.98 Å². The van der Waals surface area contributed by atoms with E-state index in [0.717, 1.165) is 22.6 Å². The average molecular weight is 249 g/mol. The maximum Gasteiger partial charge on any atom is 0.169 e. The van der Waals surface area contributed by atoms with Gasteiger partial charge in [0.2, 0.25) is 0 Å². The molecule has 82 valence electrons. The van der Waals surface area contributed by atoms with E-state index >= 15 is 0 Å². The van der Waals surface area contributed by atoms with Crippen molar-refractivity contribution < 1.29 is 4.79 Å². The van der Waals surface area contributed by atoms with Gasteiger partial charge in [-0.1, -0.05) is 19.1 Å². The first-order valence-electron chi connectivity index (χ1n) is 4.97. The zero-order valence-corrected chi connectivity index (χ0v) is 10.5. The molecule has 0 aliphatic rings. The van der Waals surface area contributed by atoms with Crippen LogP contribution >= 0.6 is 23.1 Å². The number of nitrogens with zero attached hydrogens (tertiary/aromatic N) is 1. The van der Waals surface area contributed by atoms with Crippen LogP contribution in [0.25, 0.3) is 10.6 Å². The Morgan fingerprint density at radius 1 is 1.38 bits per heavy atom. The summed E-state index contributed by atoms with van der Waals surface area (Å²) in [6.07, 6.45) is 0.779. The molecule has 0 saturated heterocycles. The largest absolute Gasteiger partial charge is 0.296 e. The first-order chi connectivity index (χ1) is 7.83. The molecule has 1 aromatic heterocycles. The molecule has 0 saturated carbocycles. The second-order valence-electron chi connectivity index (χ2n) is 3.15. The molecule has 1 heterocycles. The molecule has 0 radical (unpaired) electrons. The van der Waals surface area contributed by atoms with Gasteiger partial charge in [0.1, 0.15) is 10.7 Å². The molecule has 2 nitrogen and oxygen atoms in total. The fourth-order valence-electron chi connectivity index (χ4n) is 1.33. The van der Waals surface area contributed by atoms with E-state index in [1.165, 1.54) is 16.2 Å². The van der Waals surface area contributed by atoms with Gasteiger partial charge in [0.15, 0.2) is 6.29 Å². The normalized spacial score (nSPS) is 10.3. The predicted octanol–water partition coefficient (Wildman–Crippen LogP) is 3.73. The van der Waals surface area contributed by atoms with Crippen LogP contribution in [0.2, 0.25) is 0 Å². The summed E-state index contributed by atoms with van der Waals surface area (Å²) >= 11 is 3.31. The molecule has 0 N–H and O–H groups in total. The molecule has 0 unspecified atom stereocenters. The molecule has 2 rings (SSSR count). The molecular formula is C12H11NOS2. The van der Waals surface area contributed by atoms with Crippen LogP contribution in [0, 0.1) is 0 Å². The second-order valence-corrected chi connectivity index (χ2v) is 5.35. The maximum absolute atomic E-state index is 10.5. The van der Waals surface area contributed by atoms with E-state index in [1.54, 1.807) is 5.38 Å². The van der Waals surface area contributed by atoms with Crippen molar-refractivity contribution in [2.75, 3.05) is 5.75 Å². The molecule has 0 fully saturated rings. The minimum Gasteiger partial charge on any atom is -0.296 e. The number of thiazole rings is 1. The first-order valence-corrected chi connectivity index (χ1v) is 6.84. The number of rotatable bonds is 4. The van der Waals surface area contributed by atoms with Crippen LogP contribution in [0.5, 0.6) is 0 Å². The molecule has 1 aromatic carbocycles. The number of hydrogen-bond acceptors (Lipinski definition) is 4. The summed E-state index contributed by atoms with van der Waals surface area (Å²) in [4.78, 5) is 16.0. The SMILES string of the molecule is CCSc1ccc(-c2nc(C=O)cs2)cc1. The highest BCUT2D eigenvalue weighted by molar-refractivity contribution is 7.99. The van der Waals surface area contributed by atoms with Crippen LogP contribution in [0.4, 0.5) is 0 Å². The molecule has 0 atom stereocenters. The highest BCUT2D eigenvalue weighted by atomic mass is 32.2. The van der Waals surface area contributed by atoms with Crippen molar-refractivity contribution in [3.8, 4) is 10.6 Å². The van der Waals surface area contributed by atoms with E-state index in [2.05, 4.69) is 24.0 Å². The Morgan fingerprint density at radius 2 is 2.12 bits per heavy atom. The lowest BCUT2D eigenvalue weighted by Crippen LogP contribution is -1.80. The van der Waals surface area contributed by atoms with Crippen LogP contribution in [-0.4, -0.2) is 17.0 Å². The Bertz CT molecular complexity index is 476. The van der Waals surface area contributed by atoms with Crippen molar-refractivity contribution in [3.05, 3.63) is 35.3 Å². The van der Waals surface area contributed by atoms with Crippen LogP contribution in [0.15, 0.2) is 34.5 Å². The van der Waals surface area contributed by atoms with Gasteiger partial charge in [-0.2, -0.15) is 0 Å². The van der Waals surface area contributed by atoms with Crippen LogP contribution in [0.1, 0.15) is 17.4 Å². The van der Waals surface area contributed by atoms with Gasteiger partial charge in [0.05, 0.1) is 0 Å². The van der Waals surface area contributed by atoms with Crippen molar-refractivity contribution in [2.45, 2.75) is 11.8 Å². The van der Waals surface area contributed by atoms with Gasteiger partial charge in [0.25, 0.3) is 0 Å². The van der Waals surface area contributed by atoms with Crippen LogP contribution in [0.3, 0.4) is 0 Å². The molecule has 0 aliphatic heterocycles. The van der Waals surface area contributed by atoms with E-state index in [4.69, 9.17) is 0 Å². The fourth-order valence-corrected chi connectivity index (χ4v) is 2.77. The van der Waals surface area contributed by atoms with E-state index in [9.17, 15) is 4.79 Å². The zero-order valence-electron chi connectivity index (χ0n) is 8.84. The summed E-state index contributed by atoms with van der Waals surface area (Å²) in [6, 6.07) is 8.27. The van der Waals surface area contributed by atoms with Crippen molar-refractivity contribution in [2.24, 2.45) is 0 Å². The van der Waals surface area contributed by atoms with Gasteiger partial charge < -0.3 is 0 Å². The van der Waals surface area contributed by atoms with Crippen molar-refractivity contribution in [1.29, 1.82) is 0 Å². The molecular weight excluding hydrogens is 238 g/mol. The zero-order chi connectivity index (χ0) is 11.4. The number of carbonyl (C=O) groups is 1. The van der Waals surface area contributed by atoms with Crippen molar-refractivity contribution in [1.82, 2.24) is 4.98 Å². The van der Waals surface area contributed by atoms with Crippen LogP contribution in [-0.2, 0) is 0 Å². The maximum atomic E-state index is 10.5. The molecule has 4 heteroatoms. The summed E-state index contributed by atoms with van der Waals surface area (Å²) in [5, 5.41) is 2.67. The number of carbonyl (C=O) groups excluding carboxylic acids is 1. The molecule has 0 bridgehead atoms. The summed E-state index contributed by atoms with van der Waals surface area (Å²) in [5.41, 5.74) is 1.57. The number of hydrogen-bond donors (Lipinski definition) is 0. The highest BCUT2D eigenvalue weighted by Gasteiger charge is 2.03. The molecule has 0 aliphatic carbocycles. The molecule has 16 heavy (non-hydrogen) atoms. The Labute approximate surface area is 103 Å². The van der Waals surface area contributed by atoms with Gasteiger partial charge in [-0.05, 0) is 17.9 Å². The standard InChI is InChI=1S/C12H11NOS2/c1-2-15-11-5-3-9(4-6-11)12-13-10(7-14)8-16-12/h3-8H,2H2,1H3. The number of thioether (sulfide) groups is 1. The third kappa shape index (κ3) is 2.51. The van der Waals surface area contributed by atoms with Crippen LogP contribution < -0.4 is 0 Å². The lowest BCUT2D eigenvalue weighted by atomic mass is 10.2. The third-order valence-electron chi connectivity index (χ3n) is 2.05.